The third kappa shape index (κ3) is 34.7. The molecule has 14 nitrogen and oxygen atoms in total. The first-order chi connectivity index (χ1) is 41.1. The first-order valence-electron chi connectivity index (χ1n) is 35.7. The largest absolute Gasteiger partial charge is 0.479 e. The standard InChI is InChI=1S/C72H133N7O7/c1-13-17-21-25-29-31-35-39-42-59(41-37-33-27-23-19-15-3)51-85-58(6)76-61-47-69(7,8)54-72(12,49-61)56-74-67(82)84-46-45-63-57(5)75-65(78-64(63)80)79-66(81)73-55-71(11)50-62(48-70(9,10)53-71)77-68(83)86-52-60(43-38-34-28-24-20-16-4)44-40-36-32-30-26-22-18-14-2/h59-62,76H,6,13-56H2,1-5,7-12H3,(H,74,82)(H,77,83)(H3,73,75,78,79,80,81). The average Bonchev–Trinajstić information content (AvgIpc) is 1.35. The van der Waals surface area contributed by atoms with E-state index in [1.54, 1.807) is 6.92 Å². The van der Waals surface area contributed by atoms with Gasteiger partial charge in [0, 0.05) is 42.9 Å². The van der Waals surface area contributed by atoms with Crippen LogP contribution in [0.5, 0.6) is 0 Å². The quantitative estimate of drug-likeness (QED) is 0.0273. The summed E-state index contributed by atoms with van der Waals surface area (Å²) >= 11 is 0. The smallest absolute Gasteiger partial charge is 0.407 e. The van der Waals surface area contributed by atoms with Gasteiger partial charge in [-0.15, -0.1) is 0 Å². The summed E-state index contributed by atoms with van der Waals surface area (Å²) < 4.78 is 18.0. The van der Waals surface area contributed by atoms with Gasteiger partial charge >= 0.3 is 18.2 Å². The van der Waals surface area contributed by atoms with Crippen LogP contribution >= 0.6 is 0 Å². The highest BCUT2D eigenvalue weighted by atomic mass is 16.6. The molecule has 6 unspecified atom stereocenters. The Labute approximate surface area is 526 Å². The number of unbranched alkanes of at least 4 members (excludes halogenated alkanes) is 24. The molecule has 86 heavy (non-hydrogen) atoms. The van der Waals surface area contributed by atoms with Crippen LogP contribution in [-0.4, -0.2) is 73.2 Å². The van der Waals surface area contributed by atoms with E-state index in [0.29, 0.717) is 61.7 Å². The van der Waals surface area contributed by atoms with Crippen molar-refractivity contribution >= 4 is 24.2 Å². The molecule has 0 spiro atoms. The average molecular weight is 1210 g/mol. The maximum atomic E-state index is 13.4. The van der Waals surface area contributed by atoms with Crippen LogP contribution in [0.4, 0.5) is 20.3 Å². The van der Waals surface area contributed by atoms with Gasteiger partial charge in [0.05, 0.1) is 19.8 Å². The number of carbonyl (C=O) groups is 3. The van der Waals surface area contributed by atoms with Crippen molar-refractivity contribution in [1.82, 2.24) is 31.2 Å². The van der Waals surface area contributed by atoms with Gasteiger partial charge in [-0.1, -0.05) is 249 Å². The molecule has 498 valence electrons. The number of hydrogen-bond donors (Lipinski definition) is 6. The minimum Gasteiger partial charge on any atom is -0.479 e. The maximum Gasteiger partial charge on any atom is 0.407 e. The second kappa shape index (κ2) is 42.9. The Hall–Kier alpha value is -3.97. The molecule has 14 heteroatoms. The molecule has 3 rings (SSSR count). The lowest BCUT2D eigenvalue weighted by Crippen LogP contribution is -2.51. The number of H-pyrrole nitrogens is 1. The predicted octanol–water partition coefficient (Wildman–Crippen LogP) is 19.2. The van der Waals surface area contributed by atoms with Gasteiger partial charge in [0.25, 0.3) is 5.56 Å². The van der Waals surface area contributed by atoms with Crippen molar-refractivity contribution in [2.24, 2.45) is 33.5 Å². The number of aryl methyl sites for hydroxylation is 1. The number of carbonyl (C=O) groups excluding carboxylic acids is 3. The number of amides is 4. The number of ether oxygens (including phenoxy) is 3. The van der Waals surface area contributed by atoms with E-state index in [1.165, 1.54) is 193 Å². The van der Waals surface area contributed by atoms with E-state index < -0.39 is 17.7 Å². The van der Waals surface area contributed by atoms with E-state index >= 15 is 0 Å². The van der Waals surface area contributed by atoms with Crippen LogP contribution in [0.2, 0.25) is 0 Å². The molecule has 0 bridgehead atoms. The van der Waals surface area contributed by atoms with Crippen molar-refractivity contribution in [2.45, 2.75) is 339 Å². The molecule has 2 fully saturated rings. The topological polar surface area (TPSA) is 185 Å². The number of aromatic nitrogens is 2. The monoisotopic (exact) mass is 1210 g/mol. The summed E-state index contributed by atoms with van der Waals surface area (Å²) in [5, 5.41) is 15.6. The Kier molecular flexibility index (Phi) is 38.0. The fraction of sp³-hybridized carbons (Fsp3) is 0.875. The zero-order valence-corrected chi connectivity index (χ0v) is 57.4. The van der Waals surface area contributed by atoms with E-state index in [1.807, 2.05) is 0 Å². The van der Waals surface area contributed by atoms with Gasteiger partial charge in [-0.25, -0.2) is 14.4 Å². The summed E-state index contributed by atoms with van der Waals surface area (Å²) in [6, 6.07) is -0.423. The molecule has 1 heterocycles. The maximum absolute atomic E-state index is 13.4. The number of urea groups is 1. The summed E-state index contributed by atoms with van der Waals surface area (Å²) in [5.74, 6) is 1.61. The summed E-state index contributed by atoms with van der Waals surface area (Å²) in [7, 11) is 0. The molecule has 0 saturated heterocycles. The molecule has 2 saturated carbocycles. The second-order valence-corrected chi connectivity index (χ2v) is 29.5. The van der Waals surface area contributed by atoms with Crippen LogP contribution in [-0.2, 0) is 20.6 Å². The number of nitrogens with zero attached hydrogens (tertiary/aromatic N) is 1. The van der Waals surface area contributed by atoms with Gasteiger partial charge in [-0.2, -0.15) is 4.98 Å². The van der Waals surface area contributed by atoms with Crippen LogP contribution in [0, 0.1) is 40.4 Å². The fourth-order valence-corrected chi connectivity index (χ4v) is 14.8. The van der Waals surface area contributed by atoms with E-state index in [2.05, 4.69) is 112 Å². The molecule has 6 N–H and O–H groups in total. The molecular weight excluding hydrogens is 1070 g/mol. The van der Waals surface area contributed by atoms with Crippen LogP contribution in [0.15, 0.2) is 17.3 Å². The number of rotatable bonds is 48. The Bertz CT molecular complexity index is 2080. The number of aromatic amines is 1. The fourth-order valence-electron chi connectivity index (χ4n) is 14.8. The summed E-state index contributed by atoms with van der Waals surface area (Å²) in [4.78, 5) is 60.4. The number of anilines is 1. The van der Waals surface area contributed by atoms with Gasteiger partial charge < -0.3 is 40.5 Å². The Morgan fingerprint density at radius 2 is 0.930 bits per heavy atom. The summed E-state index contributed by atoms with van der Waals surface area (Å²) in [5.41, 5.74) is -0.120. The normalized spacial score (nSPS) is 20.5. The Morgan fingerprint density at radius 3 is 1.36 bits per heavy atom. The zero-order valence-electron chi connectivity index (χ0n) is 57.4. The molecule has 6 atom stereocenters. The number of alkyl carbamates (subject to hydrolysis) is 2. The van der Waals surface area contributed by atoms with Crippen LogP contribution in [0.25, 0.3) is 0 Å². The van der Waals surface area contributed by atoms with E-state index in [-0.39, 0.29) is 58.8 Å². The minimum atomic E-state index is -0.527. The molecule has 4 amide bonds. The number of nitrogens with one attached hydrogen (secondary N) is 6. The van der Waals surface area contributed by atoms with Crippen molar-refractivity contribution < 1.29 is 28.6 Å². The molecule has 1 aromatic heterocycles. The van der Waals surface area contributed by atoms with Crippen molar-refractivity contribution in [2.75, 3.05) is 38.2 Å². The van der Waals surface area contributed by atoms with Gasteiger partial charge in [-0.3, -0.25) is 10.1 Å². The Morgan fingerprint density at radius 1 is 0.535 bits per heavy atom. The van der Waals surface area contributed by atoms with Gasteiger partial charge in [0.15, 0.2) is 5.88 Å². The summed E-state index contributed by atoms with van der Waals surface area (Å²) in [6.07, 6.45) is 45.5. The SMILES string of the molecule is C=C(NC1CC(C)(C)CC(C)(CNC(=O)OCCc2c(C)[nH]c(NC(=O)NCC3(C)CC(NC(=O)OCC(CCCCCCCC)CCCCCCCCCC)CC(C)(C)C3)nc2=O)C1)OCC(CCCCCCCC)CCCCCCCCCC. The van der Waals surface area contributed by atoms with Gasteiger partial charge in [0.1, 0.15) is 0 Å². The first-order valence-corrected chi connectivity index (χ1v) is 35.7. The van der Waals surface area contributed by atoms with Gasteiger partial charge in [-0.05, 0) is 111 Å². The Balaban J connectivity index is 1.45. The van der Waals surface area contributed by atoms with Crippen molar-refractivity contribution in [3.8, 4) is 0 Å². The van der Waals surface area contributed by atoms with Crippen molar-refractivity contribution in [3.05, 3.63) is 34.1 Å². The van der Waals surface area contributed by atoms with Crippen LogP contribution in [0.3, 0.4) is 0 Å². The third-order valence-corrected chi connectivity index (χ3v) is 18.8. The molecule has 0 aromatic carbocycles. The zero-order chi connectivity index (χ0) is 63.1. The predicted molar refractivity (Wildman–Crippen MR) is 359 cm³/mol. The van der Waals surface area contributed by atoms with E-state index in [4.69, 9.17) is 14.2 Å². The molecule has 1 aromatic rings. The highest BCUT2D eigenvalue weighted by Crippen LogP contribution is 2.47. The summed E-state index contributed by atoms with van der Waals surface area (Å²) in [6.45, 7) is 30.5. The van der Waals surface area contributed by atoms with Crippen LogP contribution in [0.1, 0.15) is 324 Å². The van der Waals surface area contributed by atoms with E-state index in [0.717, 1.165) is 44.9 Å². The highest BCUT2D eigenvalue weighted by molar-refractivity contribution is 5.87. The molecule has 2 aliphatic rings. The third-order valence-electron chi connectivity index (χ3n) is 18.8. The highest BCUT2D eigenvalue weighted by Gasteiger charge is 2.43. The van der Waals surface area contributed by atoms with Crippen molar-refractivity contribution in [1.29, 1.82) is 0 Å². The second-order valence-electron chi connectivity index (χ2n) is 29.5. The minimum absolute atomic E-state index is 0.00518. The van der Waals surface area contributed by atoms with Gasteiger partial charge in [0.2, 0.25) is 5.95 Å². The van der Waals surface area contributed by atoms with Crippen LogP contribution < -0.4 is 32.1 Å². The molecule has 0 aliphatic heterocycles. The van der Waals surface area contributed by atoms with Crippen molar-refractivity contribution in [3.63, 3.8) is 0 Å². The lowest BCUT2D eigenvalue weighted by molar-refractivity contribution is 0.0571. The molecule has 0 radical (unpaired) electrons. The lowest BCUT2D eigenvalue weighted by atomic mass is 9.62. The molecular formula is C72H133N7O7. The lowest BCUT2D eigenvalue weighted by Gasteiger charge is -2.47. The first kappa shape index (κ1) is 76.3. The number of hydrogen-bond acceptors (Lipinski definition) is 9. The van der Waals surface area contributed by atoms with E-state index in [9.17, 15) is 19.2 Å². The molecule has 2 aliphatic carbocycles.